The second kappa shape index (κ2) is 9.98. The molecule has 1 aliphatic heterocycles. The van der Waals surface area contributed by atoms with Gasteiger partial charge in [-0.25, -0.2) is 4.57 Å². The van der Waals surface area contributed by atoms with Gasteiger partial charge in [-0.2, -0.15) is 0 Å². The smallest absolute Gasteiger partial charge is 0.415 e. The van der Waals surface area contributed by atoms with E-state index in [0.29, 0.717) is 43.0 Å². The van der Waals surface area contributed by atoms with Crippen molar-refractivity contribution in [1.82, 2.24) is 4.90 Å². The van der Waals surface area contributed by atoms with Crippen LogP contribution in [0.25, 0.3) is 0 Å². The number of rotatable bonds is 8. The molecular formula is C22H28N3O5P. The summed E-state index contributed by atoms with van der Waals surface area (Å²) in [5, 5.41) is 2.75. The normalized spacial score (nSPS) is 18.7. The fraction of sp³-hybridized carbons (Fsp3) is 0.364. The minimum Gasteiger partial charge on any atom is -0.415 e. The molecule has 3 N–H and O–H groups in total. The molecule has 0 bridgehead atoms. The molecule has 0 radical (unpaired) electrons. The molecule has 3 atom stereocenters. The predicted molar refractivity (Wildman–Crippen MR) is 119 cm³/mol. The van der Waals surface area contributed by atoms with Gasteiger partial charge < -0.3 is 25.0 Å². The average Bonchev–Trinajstić information content (AvgIpc) is 3.26. The van der Waals surface area contributed by atoms with E-state index in [1.807, 2.05) is 6.07 Å². The molecule has 3 rings (SSSR count). The number of hydrogen-bond acceptors (Lipinski definition) is 6. The zero-order chi connectivity index (χ0) is 22.4. The van der Waals surface area contributed by atoms with Crippen molar-refractivity contribution in [2.24, 2.45) is 5.73 Å². The van der Waals surface area contributed by atoms with E-state index >= 15 is 0 Å². The van der Waals surface area contributed by atoms with Crippen molar-refractivity contribution in [3.63, 3.8) is 0 Å². The minimum atomic E-state index is -3.85. The number of carbonyl (C=O) groups excluding carboxylic acids is 2. The van der Waals surface area contributed by atoms with Gasteiger partial charge in [0.2, 0.25) is 11.8 Å². The number of nitrogens with zero attached hydrogens (tertiary/aromatic N) is 1. The molecule has 2 aromatic carbocycles. The molecular weight excluding hydrogens is 417 g/mol. The molecule has 1 heterocycles. The van der Waals surface area contributed by atoms with Crippen molar-refractivity contribution in [1.29, 1.82) is 0 Å². The summed E-state index contributed by atoms with van der Waals surface area (Å²) in [6.45, 7) is 3.81. The van der Waals surface area contributed by atoms with E-state index in [9.17, 15) is 14.2 Å². The van der Waals surface area contributed by atoms with Gasteiger partial charge in [-0.1, -0.05) is 25.1 Å². The predicted octanol–water partition coefficient (Wildman–Crippen LogP) is 3.98. The topological polar surface area (TPSA) is 111 Å². The summed E-state index contributed by atoms with van der Waals surface area (Å²) in [5.74, 6) is -0.444. The second-order valence-corrected chi connectivity index (χ2v) is 9.45. The van der Waals surface area contributed by atoms with E-state index in [4.69, 9.17) is 14.8 Å². The molecule has 3 unspecified atom stereocenters. The van der Waals surface area contributed by atoms with Gasteiger partial charge in [-0.05, 0) is 56.2 Å². The molecule has 31 heavy (non-hydrogen) atoms. The molecule has 166 valence electrons. The zero-order valence-corrected chi connectivity index (χ0v) is 18.6. The SMILES string of the molecule is CCC(=O)Nc1ccc(OP(=O)(Oc2ccccc2)C2CCCN2C(=O)C(C)N)cc1. The number of anilines is 1. The number of likely N-dealkylation sites (tertiary alicyclic amines) is 1. The van der Waals surface area contributed by atoms with Gasteiger partial charge in [-0.15, -0.1) is 0 Å². The highest BCUT2D eigenvalue weighted by molar-refractivity contribution is 7.55. The third kappa shape index (κ3) is 5.66. The van der Waals surface area contributed by atoms with Crippen molar-refractivity contribution in [3.8, 4) is 11.5 Å². The van der Waals surface area contributed by atoms with E-state index in [2.05, 4.69) is 5.32 Å². The Kier molecular flexibility index (Phi) is 7.36. The highest BCUT2D eigenvalue weighted by Gasteiger charge is 2.48. The number of benzene rings is 2. The fourth-order valence-corrected chi connectivity index (χ4v) is 5.54. The Morgan fingerprint density at radius 2 is 1.74 bits per heavy atom. The van der Waals surface area contributed by atoms with Gasteiger partial charge in [0.15, 0.2) is 5.78 Å². The largest absolute Gasteiger partial charge is 0.453 e. The van der Waals surface area contributed by atoms with Crippen molar-refractivity contribution in [3.05, 3.63) is 54.6 Å². The van der Waals surface area contributed by atoms with Crippen LogP contribution in [0.15, 0.2) is 54.6 Å². The Labute approximate surface area is 182 Å². The van der Waals surface area contributed by atoms with Gasteiger partial charge in [0.1, 0.15) is 11.5 Å². The zero-order valence-electron chi connectivity index (χ0n) is 17.7. The van der Waals surface area contributed by atoms with Crippen LogP contribution >= 0.6 is 7.60 Å². The number of amides is 2. The Morgan fingerprint density at radius 1 is 1.13 bits per heavy atom. The van der Waals surface area contributed by atoms with Crippen LogP contribution in [-0.2, 0) is 14.2 Å². The maximum atomic E-state index is 14.1. The van der Waals surface area contributed by atoms with E-state index in [1.54, 1.807) is 62.4 Å². The molecule has 8 nitrogen and oxygen atoms in total. The van der Waals surface area contributed by atoms with Crippen molar-refractivity contribution in [2.45, 2.75) is 44.9 Å². The molecule has 1 fully saturated rings. The maximum Gasteiger partial charge on any atom is 0.453 e. The summed E-state index contributed by atoms with van der Waals surface area (Å²) in [7, 11) is -3.85. The Hall–Kier alpha value is -2.83. The molecule has 0 spiro atoms. The molecule has 1 aliphatic rings. The molecule has 1 saturated heterocycles. The molecule has 0 aromatic heterocycles. The Morgan fingerprint density at radius 3 is 2.32 bits per heavy atom. The first kappa shape index (κ1) is 22.8. The lowest BCUT2D eigenvalue weighted by Crippen LogP contribution is -2.45. The average molecular weight is 445 g/mol. The Balaban J connectivity index is 1.88. The highest BCUT2D eigenvalue weighted by Crippen LogP contribution is 2.57. The first-order valence-corrected chi connectivity index (χ1v) is 11.9. The van der Waals surface area contributed by atoms with Gasteiger partial charge >= 0.3 is 7.60 Å². The molecule has 9 heteroatoms. The minimum absolute atomic E-state index is 0.109. The number of hydrogen-bond donors (Lipinski definition) is 2. The van der Waals surface area contributed by atoms with E-state index < -0.39 is 19.4 Å². The Bertz CT molecular complexity index is 949. The summed E-state index contributed by atoms with van der Waals surface area (Å²) in [5.41, 5.74) is 6.40. The van der Waals surface area contributed by atoms with Crippen LogP contribution in [0.2, 0.25) is 0 Å². The molecule has 0 aliphatic carbocycles. The van der Waals surface area contributed by atoms with Gasteiger partial charge in [0, 0.05) is 18.7 Å². The number of nitrogens with two attached hydrogens (primary N) is 1. The molecule has 0 saturated carbocycles. The summed E-state index contributed by atoms with van der Waals surface area (Å²) in [6, 6.07) is 14.6. The van der Waals surface area contributed by atoms with Gasteiger partial charge in [0.05, 0.1) is 6.04 Å². The first-order valence-electron chi connectivity index (χ1n) is 10.3. The lowest BCUT2D eigenvalue weighted by atomic mass is 10.3. The van der Waals surface area contributed by atoms with Crippen LogP contribution in [0.5, 0.6) is 11.5 Å². The van der Waals surface area contributed by atoms with Crippen molar-refractivity contribution >= 4 is 25.1 Å². The standard InChI is InChI=1S/C22H28N3O5P/c1-3-20(26)24-17-11-13-19(14-12-17)30-31(28,29-18-8-5-4-6-9-18)21-10-7-15-25(21)22(27)16(2)23/h4-6,8-9,11-14,16,21H,3,7,10,15,23H2,1-2H3,(H,24,26). The number of carbonyl (C=O) groups is 2. The number of para-hydroxylation sites is 1. The lowest BCUT2D eigenvalue weighted by molar-refractivity contribution is -0.132. The van der Waals surface area contributed by atoms with Crippen LogP contribution in [0.1, 0.15) is 33.1 Å². The first-order chi connectivity index (χ1) is 14.8. The van der Waals surface area contributed by atoms with Crippen molar-refractivity contribution in [2.75, 3.05) is 11.9 Å². The van der Waals surface area contributed by atoms with Gasteiger partial charge in [-0.3, -0.25) is 9.59 Å². The van der Waals surface area contributed by atoms with Gasteiger partial charge in [0.25, 0.3) is 0 Å². The molecule has 2 aromatic rings. The monoisotopic (exact) mass is 445 g/mol. The van der Waals surface area contributed by atoms with Crippen LogP contribution < -0.4 is 20.1 Å². The summed E-state index contributed by atoms with van der Waals surface area (Å²) in [6.07, 6.45) is 1.52. The van der Waals surface area contributed by atoms with Crippen LogP contribution in [-0.4, -0.2) is 35.1 Å². The van der Waals surface area contributed by atoms with Crippen LogP contribution in [0, 0.1) is 0 Å². The van der Waals surface area contributed by atoms with Crippen molar-refractivity contribution < 1.29 is 23.2 Å². The third-order valence-electron chi connectivity index (χ3n) is 4.93. The fourth-order valence-electron chi connectivity index (χ4n) is 3.36. The van der Waals surface area contributed by atoms with E-state index in [0.717, 1.165) is 0 Å². The molecule has 2 amide bonds. The maximum absolute atomic E-state index is 14.1. The third-order valence-corrected chi connectivity index (χ3v) is 7.12. The van der Waals surface area contributed by atoms with Crippen LogP contribution in [0.4, 0.5) is 5.69 Å². The summed E-state index contributed by atoms with van der Waals surface area (Å²) in [4.78, 5) is 25.7. The number of nitrogens with one attached hydrogen (secondary N) is 1. The van der Waals surface area contributed by atoms with E-state index in [-0.39, 0.29) is 11.8 Å². The van der Waals surface area contributed by atoms with E-state index in [1.165, 1.54) is 4.90 Å². The summed E-state index contributed by atoms with van der Waals surface area (Å²) < 4.78 is 25.9. The highest BCUT2D eigenvalue weighted by atomic mass is 31.2. The quantitative estimate of drug-likeness (QED) is 0.595. The summed E-state index contributed by atoms with van der Waals surface area (Å²) >= 11 is 0. The second-order valence-electron chi connectivity index (χ2n) is 7.40. The van der Waals surface area contributed by atoms with Crippen LogP contribution in [0.3, 0.4) is 0 Å². The lowest BCUT2D eigenvalue weighted by Gasteiger charge is -2.31.